The molecule has 0 bridgehead atoms. The molecule has 6 nitrogen and oxygen atoms in total. The third kappa shape index (κ3) is 7.74. The number of carbonyl (C=O) groups is 2. The van der Waals surface area contributed by atoms with Crippen LogP contribution in [0.15, 0.2) is 43.0 Å². The Morgan fingerprint density at radius 1 is 1.33 bits per heavy atom. The molecule has 1 rings (SSSR count). The lowest BCUT2D eigenvalue weighted by Gasteiger charge is -2.20. The Bertz CT molecular complexity index is 462. The van der Waals surface area contributed by atoms with Gasteiger partial charge in [-0.15, -0.1) is 0 Å². The van der Waals surface area contributed by atoms with Crippen LogP contribution in [0, 0.1) is 0 Å². The minimum atomic E-state index is -0.903. The van der Waals surface area contributed by atoms with E-state index in [0.29, 0.717) is 19.6 Å². The summed E-state index contributed by atoms with van der Waals surface area (Å²) in [5, 5.41) is 11.5. The minimum absolute atomic E-state index is 0.0850. The number of aliphatic carboxylic acids is 1. The number of ether oxygens (including phenoxy) is 1. The van der Waals surface area contributed by atoms with Crippen molar-refractivity contribution in [1.82, 2.24) is 10.2 Å². The van der Waals surface area contributed by atoms with Crippen molar-refractivity contribution in [3.63, 3.8) is 0 Å². The molecule has 1 amide bonds. The molecule has 0 saturated carbocycles. The van der Waals surface area contributed by atoms with Crippen molar-refractivity contribution < 1.29 is 19.4 Å². The number of carboxylic acids is 1. The number of carbonyl (C=O) groups excluding carboxylic acids is 1. The first-order valence-corrected chi connectivity index (χ1v) is 6.61. The number of benzene rings is 1. The topological polar surface area (TPSA) is 78.9 Å². The van der Waals surface area contributed by atoms with Crippen LogP contribution in [0.3, 0.4) is 0 Å². The standard InChI is InChI=1S/C15H20N2O4/c1-2-10-21-15(20)16-8-9-17(12-14(18)19)11-13-6-4-3-5-7-13/h2-7H,1,8-12H2,(H,16,20)(H,18,19). The van der Waals surface area contributed by atoms with Gasteiger partial charge >= 0.3 is 12.1 Å². The van der Waals surface area contributed by atoms with E-state index in [1.807, 2.05) is 30.3 Å². The maximum atomic E-state index is 11.2. The van der Waals surface area contributed by atoms with Crippen molar-refractivity contribution in [1.29, 1.82) is 0 Å². The molecule has 0 heterocycles. The summed E-state index contributed by atoms with van der Waals surface area (Å²) in [6.45, 7) is 4.75. The molecule has 0 atom stereocenters. The first-order valence-electron chi connectivity index (χ1n) is 6.61. The molecule has 6 heteroatoms. The third-order valence-corrected chi connectivity index (χ3v) is 2.64. The van der Waals surface area contributed by atoms with Crippen molar-refractivity contribution in [2.75, 3.05) is 26.2 Å². The maximum Gasteiger partial charge on any atom is 0.407 e. The molecule has 0 spiro atoms. The molecule has 0 unspecified atom stereocenters. The summed E-state index contributed by atoms with van der Waals surface area (Å²) in [6, 6.07) is 9.57. The molecule has 0 fully saturated rings. The van der Waals surface area contributed by atoms with Crippen LogP contribution in [0.25, 0.3) is 0 Å². The number of nitrogens with zero attached hydrogens (tertiary/aromatic N) is 1. The van der Waals surface area contributed by atoms with E-state index < -0.39 is 12.1 Å². The molecule has 0 aliphatic heterocycles. The summed E-state index contributed by atoms with van der Waals surface area (Å²) >= 11 is 0. The van der Waals surface area contributed by atoms with Gasteiger partial charge in [0.25, 0.3) is 0 Å². The molecule has 1 aromatic carbocycles. The summed E-state index contributed by atoms with van der Waals surface area (Å²) in [4.78, 5) is 23.9. The Hall–Kier alpha value is -2.34. The SMILES string of the molecule is C=CCOC(=O)NCCN(CC(=O)O)Cc1ccccc1. The Labute approximate surface area is 124 Å². The highest BCUT2D eigenvalue weighted by Crippen LogP contribution is 2.03. The Kier molecular flexibility index (Phi) is 7.60. The second kappa shape index (κ2) is 9.55. The van der Waals surface area contributed by atoms with Crippen LogP contribution in [-0.2, 0) is 16.1 Å². The van der Waals surface area contributed by atoms with Crippen molar-refractivity contribution in [2.45, 2.75) is 6.54 Å². The van der Waals surface area contributed by atoms with E-state index in [-0.39, 0.29) is 13.2 Å². The normalized spacial score (nSPS) is 10.1. The molecule has 0 saturated heterocycles. The molecular formula is C15H20N2O4. The van der Waals surface area contributed by atoms with Gasteiger partial charge in [0, 0.05) is 19.6 Å². The van der Waals surface area contributed by atoms with Crippen molar-refractivity contribution in [3.05, 3.63) is 48.6 Å². The molecule has 1 aromatic rings. The van der Waals surface area contributed by atoms with E-state index in [1.54, 1.807) is 4.90 Å². The molecule has 21 heavy (non-hydrogen) atoms. The van der Waals surface area contributed by atoms with Crippen LogP contribution in [0.5, 0.6) is 0 Å². The summed E-state index contributed by atoms with van der Waals surface area (Å²) < 4.78 is 4.77. The van der Waals surface area contributed by atoms with E-state index in [1.165, 1.54) is 6.08 Å². The highest BCUT2D eigenvalue weighted by molar-refractivity contribution is 5.69. The fourth-order valence-corrected chi connectivity index (χ4v) is 1.75. The third-order valence-electron chi connectivity index (χ3n) is 2.64. The zero-order valence-electron chi connectivity index (χ0n) is 11.8. The fourth-order valence-electron chi connectivity index (χ4n) is 1.75. The van der Waals surface area contributed by atoms with E-state index in [4.69, 9.17) is 9.84 Å². The van der Waals surface area contributed by atoms with Gasteiger partial charge in [-0.05, 0) is 5.56 Å². The van der Waals surface area contributed by atoms with Crippen LogP contribution < -0.4 is 5.32 Å². The first-order chi connectivity index (χ1) is 10.1. The highest BCUT2D eigenvalue weighted by Gasteiger charge is 2.11. The van der Waals surface area contributed by atoms with E-state index in [0.717, 1.165) is 5.56 Å². The van der Waals surface area contributed by atoms with Gasteiger partial charge in [0.05, 0.1) is 6.54 Å². The average Bonchev–Trinajstić information content (AvgIpc) is 2.45. The van der Waals surface area contributed by atoms with Gasteiger partial charge in [-0.1, -0.05) is 43.0 Å². The van der Waals surface area contributed by atoms with E-state index in [9.17, 15) is 9.59 Å². The first kappa shape index (κ1) is 16.7. The van der Waals surface area contributed by atoms with Crippen molar-refractivity contribution in [3.8, 4) is 0 Å². The number of hydrogen-bond donors (Lipinski definition) is 2. The van der Waals surface area contributed by atoms with Gasteiger partial charge in [-0.25, -0.2) is 4.79 Å². The van der Waals surface area contributed by atoms with Gasteiger partial charge in [-0.2, -0.15) is 0 Å². The summed E-state index contributed by atoms with van der Waals surface area (Å²) in [7, 11) is 0. The van der Waals surface area contributed by atoms with Gasteiger partial charge in [0.15, 0.2) is 0 Å². The van der Waals surface area contributed by atoms with Crippen LogP contribution in [0.2, 0.25) is 0 Å². The molecule has 114 valence electrons. The maximum absolute atomic E-state index is 11.2. The number of hydrogen-bond acceptors (Lipinski definition) is 4. The zero-order chi connectivity index (χ0) is 15.5. The molecule has 2 N–H and O–H groups in total. The molecule has 0 aliphatic carbocycles. The molecule has 0 aliphatic rings. The van der Waals surface area contributed by atoms with Crippen LogP contribution in [-0.4, -0.2) is 48.3 Å². The number of alkyl carbamates (subject to hydrolysis) is 1. The predicted molar refractivity (Wildman–Crippen MR) is 78.9 cm³/mol. The Balaban J connectivity index is 2.41. The molecular weight excluding hydrogens is 272 g/mol. The van der Waals surface area contributed by atoms with Crippen molar-refractivity contribution >= 4 is 12.1 Å². The number of rotatable bonds is 9. The Morgan fingerprint density at radius 2 is 2.05 bits per heavy atom. The lowest BCUT2D eigenvalue weighted by molar-refractivity contribution is -0.138. The largest absolute Gasteiger partial charge is 0.480 e. The van der Waals surface area contributed by atoms with Crippen molar-refractivity contribution in [2.24, 2.45) is 0 Å². The average molecular weight is 292 g/mol. The van der Waals surface area contributed by atoms with Gasteiger partial charge < -0.3 is 15.2 Å². The van der Waals surface area contributed by atoms with Gasteiger partial charge in [0.2, 0.25) is 0 Å². The minimum Gasteiger partial charge on any atom is -0.480 e. The highest BCUT2D eigenvalue weighted by atomic mass is 16.5. The summed E-state index contributed by atoms with van der Waals surface area (Å²) in [5.74, 6) is -0.903. The second-order valence-electron chi connectivity index (χ2n) is 4.40. The smallest absolute Gasteiger partial charge is 0.407 e. The number of amides is 1. The Morgan fingerprint density at radius 3 is 2.67 bits per heavy atom. The second-order valence-corrected chi connectivity index (χ2v) is 4.40. The zero-order valence-corrected chi connectivity index (χ0v) is 11.8. The summed E-state index contributed by atoms with van der Waals surface area (Å²) in [5.41, 5.74) is 1.02. The van der Waals surface area contributed by atoms with Crippen LogP contribution in [0.4, 0.5) is 4.79 Å². The molecule has 0 aromatic heterocycles. The van der Waals surface area contributed by atoms with Crippen LogP contribution >= 0.6 is 0 Å². The quantitative estimate of drug-likeness (QED) is 0.674. The molecule has 0 radical (unpaired) electrons. The number of carboxylic acid groups (broad SMARTS) is 1. The van der Waals surface area contributed by atoms with Gasteiger partial charge in [0.1, 0.15) is 6.61 Å². The van der Waals surface area contributed by atoms with Gasteiger partial charge in [-0.3, -0.25) is 9.69 Å². The number of nitrogens with one attached hydrogen (secondary N) is 1. The van der Waals surface area contributed by atoms with E-state index in [2.05, 4.69) is 11.9 Å². The predicted octanol–water partition coefficient (Wildman–Crippen LogP) is 1.49. The lowest BCUT2D eigenvalue weighted by atomic mass is 10.2. The van der Waals surface area contributed by atoms with E-state index >= 15 is 0 Å². The fraction of sp³-hybridized carbons (Fsp3) is 0.333. The summed E-state index contributed by atoms with van der Waals surface area (Å²) in [6.07, 6.45) is 0.941. The monoisotopic (exact) mass is 292 g/mol. The van der Waals surface area contributed by atoms with Crippen LogP contribution in [0.1, 0.15) is 5.56 Å². The lowest BCUT2D eigenvalue weighted by Crippen LogP contribution is -2.37.